The summed E-state index contributed by atoms with van der Waals surface area (Å²) in [5.74, 6) is 0.0560. The minimum atomic E-state index is 0.0560. The van der Waals surface area contributed by atoms with Crippen LogP contribution in [0.1, 0.15) is 23.7 Å². The highest BCUT2D eigenvalue weighted by atomic mass is 35.5. The fourth-order valence-electron chi connectivity index (χ4n) is 3.86. The highest BCUT2D eigenvalue weighted by Crippen LogP contribution is 2.29. The van der Waals surface area contributed by atoms with E-state index in [4.69, 9.17) is 16.6 Å². The molecule has 0 aliphatic carbocycles. The van der Waals surface area contributed by atoms with Gasteiger partial charge in [0.25, 0.3) is 5.91 Å². The number of carbonyl (C=O) groups excluding carboxylic acids is 1. The molecule has 1 aliphatic rings. The summed E-state index contributed by atoms with van der Waals surface area (Å²) in [5, 5.41) is 1.36. The normalized spacial score (nSPS) is 15.1. The molecule has 1 amide bonds. The molecule has 0 radical (unpaired) electrons. The van der Waals surface area contributed by atoms with Gasteiger partial charge in [0.1, 0.15) is 0 Å². The van der Waals surface area contributed by atoms with Crippen LogP contribution in [0, 0.1) is 0 Å². The molecule has 3 aromatic rings. The number of fused-ring (bicyclic) bond motifs is 1. The van der Waals surface area contributed by atoms with E-state index in [1.165, 1.54) is 13.0 Å². The van der Waals surface area contributed by atoms with Crippen molar-refractivity contribution < 1.29 is 9.69 Å². The topological polar surface area (TPSA) is 50.5 Å². The fraction of sp³-hybridized carbons (Fsp3) is 0.318. The standard InChI is InChI=1S/C22H23ClN4O/c1-2-10-26-11-13-27(14-12-26)22(28)18-15-20(16-6-8-24-9-7-16)25-21-17(18)4-3-5-19(21)23/h3-9,15H,2,10-14H2,1H3/p+1. The lowest BCUT2D eigenvalue weighted by Gasteiger charge is -2.32. The molecule has 6 heteroatoms. The van der Waals surface area contributed by atoms with Crippen molar-refractivity contribution in [2.75, 3.05) is 32.7 Å². The molecule has 28 heavy (non-hydrogen) atoms. The van der Waals surface area contributed by atoms with Crippen LogP contribution in [0.15, 0.2) is 48.8 Å². The van der Waals surface area contributed by atoms with Crippen LogP contribution in [0.5, 0.6) is 0 Å². The summed E-state index contributed by atoms with van der Waals surface area (Å²) in [5.41, 5.74) is 2.99. The largest absolute Gasteiger partial charge is 0.332 e. The molecule has 5 nitrogen and oxygen atoms in total. The number of nitrogens with one attached hydrogen (secondary N) is 1. The smallest absolute Gasteiger partial charge is 0.255 e. The van der Waals surface area contributed by atoms with Gasteiger partial charge in [-0.3, -0.25) is 9.78 Å². The number of para-hydroxylation sites is 1. The molecule has 1 fully saturated rings. The van der Waals surface area contributed by atoms with E-state index >= 15 is 0 Å². The van der Waals surface area contributed by atoms with E-state index in [-0.39, 0.29) is 5.91 Å². The molecule has 0 saturated carbocycles. The van der Waals surface area contributed by atoms with Crippen LogP contribution >= 0.6 is 11.6 Å². The van der Waals surface area contributed by atoms with Crippen LogP contribution in [0.2, 0.25) is 5.02 Å². The average Bonchev–Trinajstić information content (AvgIpc) is 2.74. The van der Waals surface area contributed by atoms with Gasteiger partial charge in [-0.2, -0.15) is 0 Å². The van der Waals surface area contributed by atoms with Crippen molar-refractivity contribution in [2.45, 2.75) is 13.3 Å². The molecule has 0 bridgehead atoms. The number of pyridine rings is 2. The molecule has 3 heterocycles. The Morgan fingerprint density at radius 2 is 1.93 bits per heavy atom. The van der Waals surface area contributed by atoms with Gasteiger partial charge < -0.3 is 9.80 Å². The van der Waals surface area contributed by atoms with E-state index < -0.39 is 0 Å². The second-order valence-electron chi connectivity index (χ2n) is 7.22. The average molecular weight is 396 g/mol. The lowest BCUT2D eigenvalue weighted by molar-refractivity contribution is -0.904. The van der Waals surface area contributed by atoms with E-state index in [2.05, 4.69) is 11.9 Å². The molecular weight excluding hydrogens is 372 g/mol. The van der Waals surface area contributed by atoms with Crippen molar-refractivity contribution in [1.29, 1.82) is 0 Å². The van der Waals surface area contributed by atoms with Gasteiger partial charge in [0.15, 0.2) is 0 Å². The van der Waals surface area contributed by atoms with Crippen molar-refractivity contribution >= 4 is 28.4 Å². The Labute approximate surface area is 170 Å². The number of rotatable bonds is 4. The summed E-state index contributed by atoms with van der Waals surface area (Å²) in [6.07, 6.45) is 4.63. The highest BCUT2D eigenvalue weighted by molar-refractivity contribution is 6.35. The van der Waals surface area contributed by atoms with Crippen molar-refractivity contribution in [3.63, 3.8) is 0 Å². The van der Waals surface area contributed by atoms with Crippen molar-refractivity contribution in [2.24, 2.45) is 0 Å². The molecule has 1 N–H and O–H groups in total. The maximum absolute atomic E-state index is 13.4. The van der Waals surface area contributed by atoms with Crippen LogP contribution in [0.3, 0.4) is 0 Å². The Bertz CT molecular complexity index is 984. The molecular formula is C22H24ClN4O+. The first kappa shape index (κ1) is 18.8. The molecule has 0 atom stereocenters. The molecule has 4 rings (SSSR count). The quantitative estimate of drug-likeness (QED) is 0.739. The zero-order chi connectivity index (χ0) is 19.5. The van der Waals surface area contributed by atoms with Crippen molar-refractivity contribution in [3.8, 4) is 11.3 Å². The van der Waals surface area contributed by atoms with Gasteiger partial charge in [0.05, 0.1) is 54.5 Å². The van der Waals surface area contributed by atoms with Gasteiger partial charge in [-0.25, -0.2) is 4.98 Å². The summed E-state index contributed by atoms with van der Waals surface area (Å²) in [4.78, 5) is 25.8. The number of hydrogen-bond donors (Lipinski definition) is 1. The predicted molar refractivity (Wildman–Crippen MR) is 112 cm³/mol. The van der Waals surface area contributed by atoms with Gasteiger partial charge >= 0.3 is 0 Å². The number of hydrogen-bond acceptors (Lipinski definition) is 3. The third-order valence-corrected chi connectivity index (χ3v) is 5.66. The summed E-state index contributed by atoms with van der Waals surface area (Å²) in [6.45, 7) is 6.94. The second kappa shape index (κ2) is 8.25. The van der Waals surface area contributed by atoms with Crippen LogP contribution in [-0.4, -0.2) is 53.5 Å². The fourth-order valence-corrected chi connectivity index (χ4v) is 4.08. The first-order valence-corrected chi connectivity index (χ1v) is 10.2. The van der Waals surface area contributed by atoms with E-state index in [0.29, 0.717) is 16.1 Å². The Kier molecular flexibility index (Phi) is 5.55. The van der Waals surface area contributed by atoms with Crippen LogP contribution in [-0.2, 0) is 0 Å². The lowest BCUT2D eigenvalue weighted by Crippen LogP contribution is -3.14. The predicted octanol–water partition coefficient (Wildman–Crippen LogP) is 2.70. The van der Waals surface area contributed by atoms with E-state index in [9.17, 15) is 4.79 Å². The molecule has 1 saturated heterocycles. The monoisotopic (exact) mass is 395 g/mol. The number of piperazine rings is 1. The SMILES string of the molecule is CCC[NH+]1CCN(C(=O)c2cc(-c3ccncc3)nc3c(Cl)cccc23)CC1. The van der Waals surface area contributed by atoms with Gasteiger partial charge in [-0.15, -0.1) is 0 Å². The van der Waals surface area contributed by atoms with Gasteiger partial charge in [0, 0.05) is 23.3 Å². The first-order chi connectivity index (χ1) is 13.7. The molecule has 1 aromatic carbocycles. The number of carbonyl (C=O) groups is 1. The maximum Gasteiger partial charge on any atom is 0.255 e. The lowest BCUT2D eigenvalue weighted by atomic mass is 10.0. The van der Waals surface area contributed by atoms with Crippen molar-refractivity contribution in [1.82, 2.24) is 14.9 Å². The van der Waals surface area contributed by atoms with E-state index in [1.807, 2.05) is 41.3 Å². The Morgan fingerprint density at radius 3 is 2.64 bits per heavy atom. The Balaban J connectivity index is 1.73. The third kappa shape index (κ3) is 3.73. The number of halogens is 1. The van der Waals surface area contributed by atoms with Crippen LogP contribution < -0.4 is 4.90 Å². The second-order valence-corrected chi connectivity index (χ2v) is 7.63. The van der Waals surface area contributed by atoms with Crippen LogP contribution in [0.4, 0.5) is 0 Å². The summed E-state index contributed by atoms with van der Waals surface area (Å²) >= 11 is 6.43. The first-order valence-electron chi connectivity index (χ1n) is 9.80. The zero-order valence-electron chi connectivity index (χ0n) is 16.0. The minimum absolute atomic E-state index is 0.0560. The molecule has 1 aliphatic heterocycles. The van der Waals surface area contributed by atoms with E-state index in [1.54, 1.807) is 17.3 Å². The summed E-state index contributed by atoms with van der Waals surface area (Å²) in [6, 6.07) is 11.3. The molecule has 0 spiro atoms. The number of nitrogens with zero attached hydrogens (tertiary/aromatic N) is 3. The molecule has 2 aromatic heterocycles. The van der Waals surface area contributed by atoms with E-state index in [0.717, 1.165) is 42.8 Å². The highest BCUT2D eigenvalue weighted by Gasteiger charge is 2.26. The summed E-state index contributed by atoms with van der Waals surface area (Å²) in [7, 11) is 0. The number of benzene rings is 1. The Morgan fingerprint density at radius 1 is 1.18 bits per heavy atom. The summed E-state index contributed by atoms with van der Waals surface area (Å²) < 4.78 is 0. The zero-order valence-corrected chi connectivity index (χ0v) is 16.7. The van der Waals surface area contributed by atoms with Gasteiger partial charge in [-0.05, 0) is 30.7 Å². The maximum atomic E-state index is 13.4. The van der Waals surface area contributed by atoms with Gasteiger partial charge in [0.2, 0.25) is 0 Å². The third-order valence-electron chi connectivity index (χ3n) is 5.36. The Hall–Kier alpha value is -2.50. The molecule has 144 valence electrons. The van der Waals surface area contributed by atoms with Crippen LogP contribution in [0.25, 0.3) is 22.2 Å². The number of aromatic nitrogens is 2. The molecule has 0 unspecified atom stereocenters. The number of amides is 1. The van der Waals surface area contributed by atoms with Gasteiger partial charge in [-0.1, -0.05) is 30.7 Å². The van der Waals surface area contributed by atoms with Crippen molar-refractivity contribution in [3.05, 3.63) is 59.4 Å². The minimum Gasteiger partial charge on any atom is -0.332 e. The number of quaternary nitrogens is 1.